The average molecular weight is 329 g/mol. The van der Waals surface area contributed by atoms with Gasteiger partial charge in [0.15, 0.2) is 5.65 Å². The Morgan fingerprint density at radius 3 is 2.87 bits per heavy atom. The Labute approximate surface area is 139 Å². The van der Waals surface area contributed by atoms with Crippen LogP contribution in [-0.2, 0) is 6.42 Å². The molecule has 0 spiro atoms. The number of nitrogens with one attached hydrogen (secondary N) is 1. The highest BCUT2D eigenvalue weighted by Crippen LogP contribution is 2.11. The molecule has 0 fully saturated rings. The maximum absolute atomic E-state index is 12.3. The van der Waals surface area contributed by atoms with E-state index in [1.807, 2.05) is 44.2 Å². The fourth-order valence-electron chi connectivity index (χ4n) is 2.46. The Balaban J connectivity index is 1.68. The van der Waals surface area contributed by atoms with E-state index in [1.54, 1.807) is 10.6 Å². The molecule has 0 aliphatic rings. The third-order valence-electron chi connectivity index (χ3n) is 3.55. The van der Waals surface area contributed by atoms with Crippen molar-refractivity contribution in [3.05, 3.63) is 64.1 Å². The number of nitrogens with zero attached hydrogens (tertiary/aromatic N) is 3. The SMILES string of the molecule is Cc1cc2nc(C(=O)NCCc3cccc(Cl)c3)cc(C)n2n1. The van der Waals surface area contributed by atoms with E-state index in [9.17, 15) is 4.79 Å². The number of aromatic nitrogens is 3. The largest absolute Gasteiger partial charge is 0.350 e. The number of hydrogen-bond donors (Lipinski definition) is 1. The minimum absolute atomic E-state index is 0.184. The maximum Gasteiger partial charge on any atom is 0.270 e. The standard InChI is InChI=1S/C17H17ClN4O/c1-11-8-16-20-15(9-12(2)22(16)21-11)17(23)19-7-6-13-4-3-5-14(18)10-13/h3-5,8-10H,6-7H2,1-2H3,(H,19,23). The topological polar surface area (TPSA) is 59.3 Å². The number of rotatable bonds is 4. The van der Waals surface area contributed by atoms with E-state index in [2.05, 4.69) is 15.4 Å². The quantitative estimate of drug-likeness (QED) is 0.801. The number of carbonyl (C=O) groups excluding carboxylic acids is 1. The third kappa shape index (κ3) is 3.51. The van der Waals surface area contributed by atoms with E-state index in [4.69, 9.17) is 11.6 Å². The van der Waals surface area contributed by atoms with Crippen LogP contribution < -0.4 is 5.32 Å². The first-order valence-corrected chi connectivity index (χ1v) is 7.77. The monoisotopic (exact) mass is 328 g/mol. The molecule has 0 atom stereocenters. The fourth-order valence-corrected chi connectivity index (χ4v) is 2.67. The summed E-state index contributed by atoms with van der Waals surface area (Å²) in [5.41, 5.74) is 3.93. The van der Waals surface area contributed by atoms with Gasteiger partial charge in [0.05, 0.1) is 5.69 Å². The molecular weight excluding hydrogens is 312 g/mol. The number of halogens is 1. The first-order chi connectivity index (χ1) is 11.0. The van der Waals surface area contributed by atoms with Crippen molar-refractivity contribution in [1.29, 1.82) is 0 Å². The molecule has 0 saturated carbocycles. The zero-order valence-electron chi connectivity index (χ0n) is 13.0. The van der Waals surface area contributed by atoms with Gasteiger partial charge in [0.25, 0.3) is 5.91 Å². The third-order valence-corrected chi connectivity index (χ3v) is 3.78. The molecule has 5 nitrogen and oxygen atoms in total. The molecule has 0 radical (unpaired) electrons. The summed E-state index contributed by atoms with van der Waals surface area (Å²) < 4.78 is 1.73. The Bertz CT molecular complexity index is 872. The van der Waals surface area contributed by atoms with Crippen molar-refractivity contribution in [2.75, 3.05) is 6.54 Å². The lowest BCUT2D eigenvalue weighted by molar-refractivity contribution is 0.0949. The summed E-state index contributed by atoms with van der Waals surface area (Å²) in [5, 5.41) is 7.93. The normalized spacial score (nSPS) is 10.9. The van der Waals surface area contributed by atoms with Crippen molar-refractivity contribution in [3.8, 4) is 0 Å². The number of carbonyl (C=O) groups is 1. The van der Waals surface area contributed by atoms with Gasteiger partial charge in [-0.3, -0.25) is 4.79 Å². The van der Waals surface area contributed by atoms with E-state index in [1.165, 1.54) is 0 Å². The van der Waals surface area contributed by atoms with Gasteiger partial charge in [0.1, 0.15) is 5.69 Å². The number of benzene rings is 1. The van der Waals surface area contributed by atoms with Crippen molar-refractivity contribution < 1.29 is 4.79 Å². The molecule has 1 aromatic carbocycles. The molecule has 2 heterocycles. The van der Waals surface area contributed by atoms with Crippen LogP contribution in [0, 0.1) is 13.8 Å². The molecule has 3 aromatic rings. The van der Waals surface area contributed by atoms with Crippen LogP contribution in [0.15, 0.2) is 36.4 Å². The van der Waals surface area contributed by atoms with Gasteiger partial charge in [-0.2, -0.15) is 5.10 Å². The van der Waals surface area contributed by atoms with Crippen LogP contribution in [0.5, 0.6) is 0 Å². The molecular formula is C17H17ClN4O. The van der Waals surface area contributed by atoms with E-state index in [0.717, 1.165) is 23.4 Å². The van der Waals surface area contributed by atoms with Gasteiger partial charge in [0, 0.05) is 23.3 Å². The van der Waals surface area contributed by atoms with Gasteiger partial charge < -0.3 is 5.32 Å². The lowest BCUT2D eigenvalue weighted by atomic mass is 10.1. The number of amides is 1. The van der Waals surface area contributed by atoms with E-state index in [0.29, 0.717) is 22.9 Å². The molecule has 0 aliphatic carbocycles. The van der Waals surface area contributed by atoms with Crippen molar-refractivity contribution >= 4 is 23.2 Å². The predicted molar refractivity (Wildman–Crippen MR) is 90.0 cm³/mol. The van der Waals surface area contributed by atoms with Gasteiger partial charge in [0.2, 0.25) is 0 Å². The van der Waals surface area contributed by atoms with Gasteiger partial charge in [-0.25, -0.2) is 9.50 Å². The highest BCUT2D eigenvalue weighted by molar-refractivity contribution is 6.30. The molecule has 1 N–H and O–H groups in total. The van der Waals surface area contributed by atoms with Gasteiger partial charge in [-0.05, 0) is 44.0 Å². The summed E-state index contributed by atoms with van der Waals surface area (Å²) in [4.78, 5) is 16.6. The van der Waals surface area contributed by atoms with Crippen molar-refractivity contribution in [2.45, 2.75) is 20.3 Å². The summed E-state index contributed by atoms with van der Waals surface area (Å²) in [7, 11) is 0. The first-order valence-electron chi connectivity index (χ1n) is 7.39. The fraction of sp³-hybridized carbons (Fsp3) is 0.235. The molecule has 3 rings (SSSR count). The zero-order valence-corrected chi connectivity index (χ0v) is 13.8. The Kier molecular flexibility index (Phi) is 4.30. The molecule has 2 aromatic heterocycles. The number of fused-ring (bicyclic) bond motifs is 1. The molecule has 118 valence electrons. The number of aryl methyl sites for hydroxylation is 2. The van der Waals surface area contributed by atoms with Crippen molar-refractivity contribution in [3.63, 3.8) is 0 Å². The first kappa shape index (κ1) is 15.5. The molecule has 1 amide bonds. The highest BCUT2D eigenvalue weighted by atomic mass is 35.5. The van der Waals surface area contributed by atoms with E-state index in [-0.39, 0.29) is 5.91 Å². The van der Waals surface area contributed by atoms with Gasteiger partial charge in [-0.1, -0.05) is 23.7 Å². The summed E-state index contributed by atoms with van der Waals surface area (Å²) >= 11 is 5.95. The second-order valence-corrected chi connectivity index (χ2v) is 5.91. The lowest BCUT2D eigenvalue weighted by Gasteiger charge is -2.07. The number of hydrogen-bond acceptors (Lipinski definition) is 3. The smallest absolute Gasteiger partial charge is 0.270 e. The summed E-state index contributed by atoms with van der Waals surface area (Å²) in [5.74, 6) is -0.184. The maximum atomic E-state index is 12.3. The van der Waals surface area contributed by atoms with Crippen LogP contribution in [0.3, 0.4) is 0 Å². The van der Waals surface area contributed by atoms with Gasteiger partial charge >= 0.3 is 0 Å². The minimum Gasteiger partial charge on any atom is -0.350 e. The van der Waals surface area contributed by atoms with Crippen LogP contribution in [0.4, 0.5) is 0 Å². The zero-order chi connectivity index (χ0) is 16.4. The molecule has 0 bridgehead atoms. The van der Waals surface area contributed by atoms with Gasteiger partial charge in [-0.15, -0.1) is 0 Å². The predicted octanol–water partition coefficient (Wildman–Crippen LogP) is 2.97. The van der Waals surface area contributed by atoms with Crippen molar-refractivity contribution in [2.24, 2.45) is 0 Å². The second-order valence-electron chi connectivity index (χ2n) is 5.47. The molecule has 23 heavy (non-hydrogen) atoms. The Hall–Kier alpha value is -2.40. The van der Waals surface area contributed by atoms with E-state index >= 15 is 0 Å². The van der Waals surface area contributed by atoms with Crippen LogP contribution in [0.1, 0.15) is 27.4 Å². The van der Waals surface area contributed by atoms with Crippen LogP contribution in [0.2, 0.25) is 5.02 Å². The Morgan fingerprint density at radius 2 is 2.09 bits per heavy atom. The van der Waals surface area contributed by atoms with Crippen LogP contribution >= 0.6 is 11.6 Å². The summed E-state index contributed by atoms with van der Waals surface area (Å²) in [6.07, 6.45) is 0.722. The average Bonchev–Trinajstić information content (AvgIpc) is 2.88. The molecule has 6 heteroatoms. The van der Waals surface area contributed by atoms with Crippen LogP contribution in [0.25, 0.3) is 5.65 Å². The molecule has 0 saturated heterocycles. The van der Waals surface area contributed by atoms with Crippen molar-refractivity contribution in [1.82, 2.24) is 19.9 Å². The summed E-state index contributed by atoms with van der Waals surface area (Å²) in [6, 6.07) is 11.2. The Morgan fingerprint density at radius 1 is 1.26 bits per heavy atom. The molecule has 0 aliphatic heterocycles. The van der Waals surface area contributed by atoms with Crippen LogP contribution in [-0.4, -0.2) is 27.0 Å². The summed E-state index contributed by atoms with van der Waals surface area (Å²) in [6.45, 7) is 4.34. The van der Waals surface area contributed by atoms with E-state index < -0.39 is 0 Å². The minimum atomic E-state index is -0.184. The molecule has 0 unspecified atom stereocenters. The second kappa shape index (κ2) is 6.38. The lowest BCUT2D eigenvalue weighted by Crippen LogP contribution is -2.27. The highest BCUT2D eigenvalue weighted by Gasteiger charge is 2.11.